The van der Waals surface area contributed by atoms with E-state index < -0.39 is 0 Å². The highest BCUT2D eigenvalue weighted by Gasteiger charge is 2.29. The van der Waals surface area contributed by atoms with Gasteiger partial charge in [-0.15, -0.1) is 0 Å². The molecular formula is C35H41N2O4+. The van der Waals surface area contributed by atoms with E-state index in [4.69, 9.17) is 14.2 Å². The number of carbonyl (C=O) groups excluding carboxylic acids is 1. The van der Waals surface area contributed by atoms with Gasteiger partial charge in [-0.1, -0.05) is 54.6 Å². The number of piperidine rings is 1. The van der Waals surface area contributed by atoms with Crippen molar-refractivity contribution in [2.24, 2.45) is 0 Å². The van der Waals surface area contributed by atoms with Crippen molar-refractivity contribution < 1.29 is 24.3 Å². The van der Waals surface area contributed by atoms with Crippen LogP contribution in [0, 0.1) is 6.92 Å². The molecule has 1 heterocycles. The Balaban J connectivity index is 1.10. The summed E-state index contributed by atoms with van der Waals surface area (Å²) in [4.78, 5) is 11.9. The van der Waals surface area contributed by atoms with Crippen molar-refractivity contribution in [3.05, 3.63) is 113 Å². The molecule has 4 aromatic carbocycles. The van der Waals surface area contributed by atoms with Crippen LogP contribution in [0.25, 0.3) is 10.8 Å². The molecule has 1 fully saturated rings. The maximum absolute atomic E-state index is 11.9. The van der Waals surface area contributed by atoms with Crippen molar-refractivity contribution in [2.45, 2.75) is 44.9 Å². The average molecular weight is 554 g/mol. The Hall–Kier alpha value is -3.71. The first-order valence-electron chi connectivity index (χ1n) is 14.6. The van der Waals surface area contributed by atoms with E-state index in [0.29, 0.717) is 37.3 Å². The van der Waals surface area contributed by atoms with Crippen molar-refractivity contribution in [2.75, 3.05) is 33.4 Å². The maximum Gasteiger partial charge on any atom is 0.337 e. The zero-order valence-electron chi connectivity index (χ0n) is 24.1. The molecule has 2 atom stereocenters. The fourth-order valence-electron chi connectivity index (χ4n) is 5.61. The molecule has 1 saturated heterocycles. The summed E-state index contributed by atoms with van der Waals surface area (Å²) in [5.74, 6) is 1.09. The fraction of sp³-hybridized carbons (Fsp3) is 0.343. The molecule has 1 unspecified atom stereocenters. The highest BCUT2D eigenvalue weighted by atomic mass is 16.5. The fourth-order valence-corrected chi connectivity index (χ4v) is 5.61. The first-order valence-corrected chi connectivity index (χ1v) is 14.6. The first-order chi connectivity index (χ1) is 20.1. The molecule has 214 valence electrons. The summed E-state index contributed by atoms with van der Waals surface area (Å²) in [6, 6.07) is 29.7. The Kier molecular flexibility index (Phi) is 10.0. The molecule has 3 N–H and O–H groups in total. The number of esters is 1. The molecule has 0 aromatic heterocycles. The molecule has 4 aromatic rings. The Bertz CT molecular complexity index is 1440. The van der Waals surface area contributed by atoms with Gasteiger partial charge < -0.3 is 24.8 Å². The molecule has 1 aliphatic heterocycles. The highest BCUT2D eigenvalue weighted by molar-refractivity contribution is 5.95. The molecule has 0 spiro atoms. The van der Waals surface area contributed by atoms with Crippen LogP contribution >= 0.6 is 0 Å². The smallest absolute Gasteiger partial charge is 0.337 e. The molecule has 41 heavy (non-hydrogen) atoms. The van der Waals surface area contributed by atoms with Crippen LogP contribution in [0.4, 0.5) is 0 Å². The van der Waals surface area contributed by atoms with Crippen LogP contribution in [0.3, 0.4) is 0 Å². The lowest BCUT2D eigenvalue weighted by Gasteiger charge is -2.31. The van der Waals surface area contributed by atoms with E-state index in [1.807, 2.05) is 18.2 Å². The van der Waals surface area contributed by atoms with Gasteiger partial charge in [-0.05, 0) is 77.7 Å². The summed E-state index contributed by atoms with van der Waals surface area (Å²) >= 11 is 0. The summed E-state index contributed by atoms with van der Waals surface area (Å²) in [6.07, 6.45) is 1.98. The number of hydrogen-bond donors (Lipinski definition) is 2. The molecule has 6 nitrogen and oxygen atoms in total. The lowest BCUT2D eigenvalue weighted by atomic mass is 9.86. The largest absolute Gasteiger partial charge is 0.494 e. The quantitative estimate of drug-likeness (QED) is 0.188. The number of aryl methyl sites for hydroxylation is 1. The zero-order chi connectivity index (χ0) is 28.4. The number of benzene rings is 4. The van der Waals surface area contributed by atoms with E-state index in [2.05, 4.69) is 84.3 Å². The molecule has 0 radical (unpaired) electrons. The minimum absolute atomic E-state index is 0.307. The number of fused-ring (bicyclic) bond motifs is 1. The van der Waals surface area contributed by atoms with Gasteiger partial charge in [-0.3, -0.25) is 0 Å². The van der Waals surface area contributed by atoms with E-state index in [9.17, 15) is 4.79 Å². The number of rotatable bonds is 12. The molecule has 6 heteroatoms. The molecular weight excluding hydrogens is 512 g/mol. The Morgan fingerprint density at radius 1 is 0.951 bits per heavy atom. The number of carbonyl (C=O) groups is 1. The summed E-state index contributed by atoms with van der Waals surface area (Å²) < 4.78 is 16.7. The standard InChI is InChI=1S/C35H40N2O4/c1-25-6-3-4-7-31(25)24-40-18-5-19-41-32-14-12-27(13-15-32)33-16-17-36-23-34(33)37-22-26-8-9-29-21-30(35(38)39-2)11-10-28(29)20-26/h3-4,6-15,20-21,33-34,36-37H,5,16-19,22-24H2,1-2H3/p+1/t33-,34?/m0/s1. The van der Waals surface area contributed by atoms with E-state index in [0.717, 1.165) is 49.0 Å². The SMILES string of the molecule is COC(=O)c1ccc2cc(C[NH2+]C3CNCC[C@H]3c3ccc(OCCCOCc4ccccc4C)cc3)ccc2c1. The third kappa shape index (κ3) is 7.73. The van der Waals surface area contributed by atoms with Crippen LogP contribution in [-0.2, 0) is 22.6 Å². The van der Waals surface area contributed by atoms with Crippen LogP contribution in [0.1, 0.15) is 51.4 Å². The van der Waals surface area contributed by atoms with Crippen molar-refractivity contribution in [3.8, 4) is 5.75 Å². The second-order valence-corrected chi connectivity index (χ2v) is 10.8. The minimum atomic E-state index is -0.307. The molecule has 0 bridgehead atoms. The summed E-state index contributed by atoms with van der Waals surface area (Å²) in [5.41, 5.74) is 5.73. The Morgan fingerprint density at radius 3 is 2.59 bits per heavy atom. The van der Waals surface area contributed by atoms with Gasteiger partial charge in [0.15, 0.2) is 0 Å². The maximum atomic E-state index is 11.9. The van der Waals surface area contributed by atoms with Gasteiger partial charge in [0.1, 0.15) is 18.3 Å². The van der Waals surface area contributed by atoms with Gasteiger partial charge in [-0.25, -0.2) is 4.79 Å². The van der Waals surface area contributed by atoms with Crippen LogP contribution < -0.4 is 15.4 Å². The first kappa shape index (κ1) is 28.8. The second kappa shape index (κ2) is 14.3. The number of hydrogen-bond acceptors (Lipinski definition) is 5. The van der Waals surface area contributed by atoms with Crippen molar-refractivity contribution in [3.63, 3.8) is 0 Å². The van der Waals surface area contributed by atoms with Gasteiger partial charge in [-0.2, -0.15) is 0 Å². The predicted molar refractivity (Wildman–Crippen MR) is 162 cm³/mol. The van der Waals surface area contributed by atoms with Crippen molar-refractivity contribution >= 4 is 16.7 Å². The summed E-state index contributed by atoms with van der Waals surface area (Å²) in [5, 5.41) is 8.22. The number of methoxy groups -OCH3 is 1. The summed E-state index contributed by atoms with van der Waals surface area (Å²) in [7, 11) is 1.41. The number of ether oxygens (including phenoxy) is 3. The lowest BCUT2D eigenvalue weighted by molar-refractivity contribution is -0.706. The molecule has 5 rings (SSSR count). The lowest BCUT2D eigenvalue weighted by Crippen LogP contribution is -2.92. The van der Waals surface area contributed by atoms with E-state index in [-0.39, 0.29) is 5.97 Å². The highest BCUT2D eigenvalue weighted by Crippen LogP contribution is 2.26. The van der Waals surface area contributed by atoms with Crippen LogP contribution in [-0.4, -0.2) is 45.4 Å². The Morgan fingerprint density at radius 2 is 1.76 bits per heavy atom. The monoisotopic (exact) mass is 553 g/mol. The average Bonchev–Trinajstić information content (AvgIpc) is 3.02. The van der Waals surface area contributed by atoms with Crippen LogP contribution in [0.15, 0.2) is 84.9 Å². The van der Waals surface area contributed by atoms with Gasteiger partial charge in [0.2, 0.25) is 0 Å². The minimum Gasteiger partial charge on any atom is -0.494 e. The van der Waals surface area contributed by atoms with Crippen molar-refractivity contribution in [1.29, 1.82) is 0 Å². The van der Waals surface area contributed by atoms with Gasteiger partial charge >= 0.3 is 5.97 Å². The number of nitrogens with one attached hydrogen (secondary N) is 1. The third-order valence-electron chi connectivity index (χ3n) is 8.04. The predicted octanol–water partition coefficient (Wildman–Crippen LogP) is 5.13. The molecule has 1 aliphatic rings. The topological polar surface area (TPSA) is 73.4 Å². The zero-order valence-corrected chi connectivity index (χ0v) is 24.1. The van der Waals surface area contributed by atoms with E-state index in [1.54, 1.807) is 0 Å². The van der Waals surface area contributed by atoms with Gasteiger partial charge in [0.05, 0.1) is 32.5 Å². The number of quaternary nitrogens is 1. The molecule has 0 amide bonds. The Labute approximate surface area is 243 Å². The van der Waals surface area contributed by atoms with Gasteiger partial charge in [0.25, 0.3) is 0 Å². The van der Waals surface area contributed by atoms with E-state index >= 15 is 0 Å². The third-order valence-corrected chi connectivity index (χ3v) is 8.04. The number of nitrogens with two attached hydrogens (primary N) is 1. The molecule has 0 aliphatic carbocycles. The van der Waals surface area contributed by atoms with Gasteiger partial charge in [0, 0.05) is 24.4 Å². The van der Waals surface area contributed by atoms with Crippen molar-refractivity contribution in [1.82, 2.24) is 5.32 Å². The van der Waals surface area contributed by atoms with E-state index in [1.165, 1.54) is 29.4 Å². The van der Waals surface area contributed by atoms with Crippen LogP contribution in [0.5, 0.6) is 5.75 Å². The second-order valence-electron chi connectivity index (χ2n) is 10.8. The summed E-state index contributed by atoms with van der Waals surface area (Å²) in [6.45, 7) is 7.03. The molecule has 0 saturated carbocycles. The normalized spacial score (nSPS) is 16.9. The van der Waals surface area contributed by atoms with Crippen LogP contribution in [0.2, 0.25) is 0 Å².